The molecular weight excluding hydrogens is 520 g/mol. The van der Waals surface area contributed by atoms with Crippen LogP contribution in [0.3, 0.4) is 0 Å². The summed E-state index contributed by atoms with van der Waals surface area (Å²) in [6, 6.07) is 28.8. The van der Waals surface area contributed by atoms with Crippen molar-refractivity contribution in [2.45, 2.75) is 31.4 Å². The molecule has 1 unspecified atom stereocenters. The molecule has 0 N–H and O–H groups in total. The molecule has 7 heteroatoms. The number of carbonyl (C=O) groups is 3. The molecule has 1 aromatic heterocycles. The lowest BCUT2D eigenvalue weighted by Crippen LogP contribution is -2.36. The van der Waals surface area contributed by atoms with Gasteiger partial charge in [-0.15, -0.1) is 0 Å². The molecule has 202 valence electrons. The zero-order valence-electron chi connectivity index (χ0n) is 22.3. The molecule has 0 saturated carbocycles. The van der Waals surface area contributed by atoms with Gasteiger partial charge in [0.15, 0.2) is 5.78 Å². The number of Topliss-reactive ketones (excluding diaryl/α,β-unsaturated/α-hetero) is 1. The molecule has 1 saturated heterocycles. The number of hydrogen-bond donors (Lipinski definition) is 0. The van der Waals surface area contributed by atoms with Gasteiger partial charge >= 0.3 is 0 Å². The number of benzene rings is 3. The van der Waals surface area contributed by atoms with E-state index in [0.29, 0.717) is 25.0 Å². The van der Waals surface area contributed by atoms with Crippen molar-refractivity contribution in [3.8, 4) is 16.9 Å². The number of hydrogen-bond acceptors (Lipinski definition) is 6. The van der Waals surface area contributed by atoms with Gasteiger partial charge < -0.3 is 4.74 Å². The minimum Gasteiger partial charge on any atom is -0.493 e. The van der Waals surface area contributed by atoms with E-state index in [9.17, 15) is 14.4 Å². The monoisotopic (exact) mass is 550 g/mol. The fraction of sp³-hybridized carbons (Fsp3) is 0.212. The van der Waals surface area contributed by atoms with Gasteiger partial charge in [0.05, 0.1) is 18.4 Å². The maximum absolute atomic E-state index is 13.0. The third kappa shape index (κ3) is 6.66. The van der Waals surface area contributed by atoms with E-state index in [2.05, 4.69) is 18.0 Å². The molecule has 2 heterocycles. The molecule has 6 nitrogen and oxygen atoms in total. The molecule has 1 fully saturated rings. The molecule has 1 atom stereocenters. The Morgan fingerprint density at radius 3 is 2.25 bits per heavy atom. The highest BCUT2D eigenvalue weighted by Gasteiger charge is 2.40. The number of aryl methyl sites for hydroxylation is 1. The Kier molecular flexibility index (Phi) is 8.71. The Hall–Kier alpha value is -4.23. The first-order valence-electron chi connectivity index (χ1n) is 13.4. The minimum atomic E-state index is -0.551. The largest absolute Gasteiger partial charge is 0.493 e. The predicted molar refractivity (Wildman–Crippen MR) is 158 cm³/mol. The number of nitrogens with zero attached hydrogens (tertiary/aromatic N) is 2. The lowest BCUT2D eigenvalue weighted by Gasteiger charge is -2.13. The van der Waals surface area contributed by atoms with Crippen LogP contribution in [-0.4, -0.2) is 45.2 Å². The van der Waals surface area contributed by atoms with Crippen LogP contribution in [0, 0.1) is 0 Å². The van der Waals surface area contributed by atoms with E-state index in [-0.39, 0.29) is 23.5 Å². The summed E-state index contributed by atoms with van der Waals surface area (Å²) >= 11 is 0.979. The van der Waals surface area contributed by atoms with Crippen LogP contribution in [0.2, 0.25) is 0 Å². The van der Waals surface area contributed by atoms with Gasteiger partial charge in [-0.1, -0.05) is 91.5 Å². The van der Waals surface area contributed by atoms with E-state index >= 15 is 0 Å². The Balaban J connectivity index is 1.12. The van der Waals surface area contributed by atoms with E-state index in [1.54, 1.807) is 12.1 Å². The van der Waals surface area contributed by atoms with Gasteiger partial charge in [-0.2, -0.15) is 0 Å². The number of imide groups is 1. The third-order valence-electron chi connectivity index (χ3n) is 6.89. The summed E-state index contributed by atoms with van der Waals surface area (Å²) in [6.45, 7) is 2.36. The molecule has 1 aliphatic rings. The summed E-state index contributed by atoms with van der Waals surface area (Å²) in [7, 11) is 0. The Bertz CT molecular complexity index is 1470. The van der Waals surface area contributed by atoms with E-state index in [1.807, 2.05) is 79.0 Å². The van der Waals surface area contributed by atoms with Crippen molar-refractivity contribution in [2.24, 2.45) is 0 Å². The third-order valence-corrected chi connectivity index (χ3v) is 7.96. The van der Waals surface area contributed by atoms with Gasteiger partial charge in [0, 0.05) is 23.9 Å². The number of rotatable bonds is 11. The van der Waals surface area contributed by atoms with Crippen LogP contribution in [-0.2, 0) is 24.1 Å². The fourth-order valence-electron chi connectivity index (χ4n) is 4.51. The van der Waals surface area contributed by atoms with Gasteiger partial charge in [0.1, 0.15) is 5.75 Å². The van der Waals surface area contributed by atoms with Crippen molar-refractivity contribution in [1.29, 1.82) is 0 Å². The van der Waals surface area contributed by atoms with Crippen molar-refractivity contribution < 1.29 is 19.1 Å². The zero-order chi connectivity index (χ0) is 27.9. The number of ketones is 1. The highest BCUT2D eigenvalue weighted by atomic mass is 32.2. The zero-order valence-corrected chi connectivity index (χ0v) is 23.1. The molecule has 4 aromatic rings. The second-order valence-corrected chi connectivity index (χ2v) is 10.8. The Labute approximate surface area is 238 Å². The summed E-state index contributed by atoms with van der Waals surface area (Å²) in [6.07, 6.45) is 3.99. The molecule has 0 spiro atoms. The number of aromatic nitrogens is 1. The van der Waals surface area contributed by atoms with Crippen LogP contribution in [0.15, 0.2) is 97.2 Å². The van der Waals surface area contributed by atoms with E-state index < -0.39 is 5.25 Å². The SMILES string of the molecule is CCc1ccc(CCOc2ccc(CC3SC(=O)N(CC(=O)c4ccc(-c5ccccc5)cc4)C3=O)cc2)nc1. The van der Waals surface area contributed by atoms with Crippen molar-refractivity contribution in [3.63, 3.8) is 0 Å². The normalized spacial score (nSPS) is 14.9. The minimum absolute atomic E-state index is 0.255. The molecule has 40 heavy (non-hydrogen) atoms. The van der Waals surface area contributed by atoms with Crippen molar-refractivity contribution in [3.05, 3.63) is 120 Å². The number of carbonyl (C=O) groups excluding carboxylic acids is 3. The molecule has 0 radical (unpaired) electrons. The highest BCUT2D eigenvalue weighted by Crippen LogP contribution is 2.30. The van der Waals surface area contributed by atoms with Crippen LogP contribution in [0.5, 0.6) is 5.75 Å². The topological polar surface area (TPSA) is 76.6 Å². The highest BCUT2D eigenvalue weighted by molar-refractivity contribution is 8.15. The van der Waals surface area contributed by atoms with Gasteiger partial charge in [-0.3, -0.25) is 24.3 Å². The maximum atomic E-state index is 13.0. The van der Waals surface area contributed by atoms with Crippen molar-refractivity contribution in [1.82, 2.24) is 9.88 Å². The first-order valence-corrected chi connectivity index (χ1v) is 14.2. The summed E-state index contributed by atoms with van der Waals surface area (Å²) in [4.78, 5) is 44.0. The average Bonchev–Trinajstić information content (AvgIpc) is 3.26. The van der Waals surface area contributed by atoms with E-state index in [4.69, 9.17) is 4.74 Å². The second kappa shape index (κ2) is 12.7. The quantitative estimate of drug-likeness (QED) is 0.201. The molecular formula is C33H30N2O4S. The summed E-state index contributed by atoms with van der Waals surface area (Å²) < 4.78 is 5.85. The lowest BCUT2D eigenvalue weighted by molar-refractivity contribution is -0.126. The van der Waals surface area contributed by atoms with Gasteiger partial charge in [-0.05, 0) is 53.3 Å². The number of amides is 2. The molecule has 0 bridgehead atoms. The Morgan fingerprint density at radius 2 is 1.57 bits per heavy atom. The van der Waals surface area contributed by atoms with Crippen molar-refractivity contribution in [2.75, 3.05) is 13.2 Å². The van der Waals surface area contributed by atoms with Gasteiger partial charge in [0.2, 0.25) is 5.91 Å². The molecule has 0 aliphatic carbocycles. The van der Waals surface area contributed by atoms with Crippen LogP contribution in [0.4, 0.5) is 4.79 Å². The first kappa shape index (κ1) is 27.3. The number of pyridine rings is 1. The van der Waals surface area contributed by atoms with E-state index in [1.165, 1.54) is 5.56 Å². The number of ether oxygens (including phenoxy) is 1. The molecule has 1 aliphatic heterocycles. The summed E-state index contributed by atoms with van der Waals surface area (Å²) in [5, 5.41) is -0.936. The van der Waals surface area contributed by atoms with Crippen LogP contribution >= 0.6 is 11.8 Å². The molecule has 5 rings (SSSR count). The summed E-state index contributed by atoms with van der Waals surface area (Å²) in [5.74, 6) is 0.146. The van der Waals surface area contributed by atoms with Crippen molar-refractivity contribution >= 4 is 28.7 Å². The maximum Gasteiger partial charge on any atom is 0.289 e. The Morgan fingerprint density at radius 1 is 0.875 bits per heavy atom. The smallest absolute Gasteiger partial charge is 0.289 e. The first-order chi connectivity index (χ1) is 19.5. The lowest BCUT2D eigenvalue weighted by atomic mass is 10.0. The van der Waals surface area contributed by atoms with Crippen LogP contribution in [0.1, 0.15) is 34.1 Å². The van der Waals surface area contributed by atoms with Gasteiger partial charge in [-0.25, -0.2) is 0 Å². The van der Waals surface area contributed by atoms with Gasteiger partial charge in [0.25, 0.3) is 5.24 Å². The molecule has 2 amide bonds. The second-order valence-electron chi connectivity index (χ2n) is 9.62. The fourth-order valence-corrected chi connectivity index (χ4v) is 5.54. The average molecular weight is 551 g/mol. The summed E-state index contributed by atoms with van der Waals surface area (Å²) in [5.41, 5.74) is 5.65. The predicted octanol–water partition coefficient (Wildman–Crippen LogP) is 6.42. The van der Waals surface area contributed by atoms with E-state index in [0.717, 1.165) is 51.2 Å². The van der Waals surface area contributed by atoms with Crippen LogP contribution < -0.4 is 4.74 Å². The standard InChI is InChI=1S/C33H30N2O4S/c1-2-23-8-15-28(34-21-23)18-19-39-29-16-9-24(10-17-29)20-31-32(37)35(33(38)40-31)22-30(36)27-13-11-26(12-14-27)25-6-4-3-5-7-25/h3-17,21,31H,2,18-20,22H2,1H3. The van der Waals surface area contributed by atoms with Crippen LogP contribution in [0.25, 0.3) is 11.1 Å². The number of thioether (sulfide) groups is 1. The molecule has 3 aromatic carbocycles.